The Labute approximate surface area is 166 Å². The summed E-state index contributed by atoms with van der Waals surface area (Å²) in [5, 5.41) is 8.54. The number of carboxylic acid groups (broad SMARTS) is 1. The predicted molar refractivity (Wildman–Crippen MR) is 102 cm³/mol. The Balaban J connectivity index is 4.60. The van der Waals surface area contributed by atoms with Gasteiger partial charge in [-0.3, -0.25) is 9.05 Å². The van der Waals surface area contributed by atoms with E-state index in [0.717, 1.165) is 25.3 Å². The van der Waals surface area contributed by atoms with Gasteiger partial charge in [-0.05, 0) is 6.42 Å². The lowest BCUT2D eigenvalue weighted by Crippen LogP contribution is -2.37. The normalized spacial score (nSPS) is 15.3. The van der Waals surface area contributed by atoms with Gasteiger partial charge in [-0.25, -0.2) is 14.2 Å². The van der Waals surface area contributed by atoms with Crippen molar-refractivity contribution < 1.29 is 47.2 Å². The maximum atomic E-state index is 12.0. The summed E-state index contributed by atoms with van der Waals surface area (Å²) in [4.78, 5) is 31.9. The number of carbonyl (C=O) groups excluding carboxylic acids is 1. The molecule has 0 aliphatic rings. The second-order valence-electron chi connectivity index (χ2n) is 7.12. The summed E-state index contributed by atoms with van der Waals surface area (Å²) >= 11 is 0. The van der Waals surface area contributed by atoms with E-state index in [4.69, 9.17) is 23.6 Å². The van der Waals surface area contributed by atoms with E-state index < -0.39 is 32.5 Å². The van der Waals surface area contributed by atoms with Crippen LogP contribution in [0, 0.1) is 0 Å². The summed E-state index contributed by atoms with van der Waals surface area (Å²) in [6.07, 6.45) is 3.20. The Bertz CT molecular complexity index is 545. The minimum absolute atomic E-state index is 0.0105. The molecule has 164 valence electrons. The lowest BCUT2D eigenvalue weighted by molar-refractivity contribution is -0.870. The first-order valence-corrected chi connectivity index (χ1v) is 10.6. The molecule has 2 unspecified atom stereocenters. The van der Waals surface area contributed by atoms with Crippen molar-refractivity contribution in [3.63, 3.8) is 0 Å². The number of quaternary nitrogens is 1. The number of unbranched alkanes of at least 4 members (excludes halogenated alkanes) is 2. The van der Waals surface area contributed by atoms with Crippen LogP contribution in [0.15, 0.2) is 12.2 Å². The predicted octanol–water partition coefficient (Wildman–Crippen LogP) is 1.59. The number of hydrogen-bond donors (Lipinski definition) is 2. The van der Waals surface area contributed by atoms with Crippen LogP contribution < -0.4 is 0 Å². The molecule has 10 nitrogen and oxygen atoms in total. The molecule has 2 N–H and O–H groups in total. The van der Waals surface area contributed by atoms with Gasteiger partial charge in [0.1, 0.15) is 19.3 Å². The molecular formula is C17H33NO9P+. The van der Waals surface area contributed by atoms with E-state index in [0.29, 0.717) is 23.7 Å². The highest BCUT2D eigenvalue weighted by Gasteiger charge is 2.26. The molecule has 0 bridgehead atoms. The van der Waals surface area contributed by atoms with Crippen LogP contribution in [0.3, 0.4) is 0 Å². The van der Waals surface area contributed by atoms with Crippen molar-refractivity contribution in [2.45, 2.75) is 32.3 Å². The van der Waals surface area contributed by atoms with Crippen molar-refractivity contribution in [2.75, 3.05) is 54.1 Å². The molecule has 0 fully saturated rings. The molecule has 0 aliphatic heterocycles. The molecule has 0 saturated heterocycles. The molecule has 28 heavy (non-hydrogen) atoms. The van der Waals surface area contributed by atoms with Gasteiger partial charge in [0.25, 0.3) is 0 Å². The van der Waals surface area contributed by atoms with Crippen LogP contribution in [0.4, 0.5) is 0 Å². The Kier molecular flexibility index (Phi) is 13.2. The molecule has 0 aliphatic carbocycles. The van der Waals surface area contributed by atoms with Gasteiger partial charge in [0.05, 0.1) is 34.4 Å². The second-order valence-corrected chi connectivity index (χ2v) is 8.58. The number of carboxylic acids is 1. The number of carbonyl (C=O) groups is 2. The number of likely N-dealkylation sites (N-methyl/N-ethyl adjacent to an activating group) is 1. The minimum Gasteiger partial charge on any atom is -0.478 e. The Morgan fingerprint density at radius 3 is 2.32 bits per heavy atom. The smallest absolute Gasteiger partial charge is 0.472 e. The summed E-state index contributed by atoms with van der Waals surface area (Å²) < 4.78 is 32.7. The van der Waals surface area contributed by atoms with E-state index in [1.165, 1.54) is 0 Å². The maximum absolute atomic E-state index is 12.0. The fraction of sp³-hybridized carbons (Fsp3) is 0.765. The summed E-state index contributed by atoms with van der Waals surface area (Å²) in [6.45, 7) is 2.49. The van der Waals surface area contributed by atoms with Crippen molar-refractivity contribution in [1.82, 2.24) is 0 Å². The van der Waals surface area contributed by atoms with Gasteiger partial charge >= 0.3 is 19.8 Å². The van der Waals surface area contributed by atoms with Crippen LogP contribution in [0.5, 0.6) is 0 Å². The van der Waals surface area contributed by atoms with E-state index in [1.54, 1.807) is 0 Å². The van der Waals surface area contributed by atoms with E-state index in [-0.39, 0.29) is 13.2 Å². The molecular weight excluding hydrogens is 393 g/mol. The lowest BCUT2D eigenvalue weighted by Gasteiger charge is -2.24. The highest BCUT2D eigenvalue weighted by molar-refractivity contribution is 7.47. The Morgan fingerprint density at radius 1 is 1.07 bits per heavy atom. The first kappa shape index (κ1) is 26.7. The van der Waals surface area contributed by atoms with Gasteiger partial charge in [-0.15, -0.1) is 0 Å². The van der Waals surface area contributed by atoms with Gasteiger partial charge in [0, 0.05) is 18.8 Å². The molecule has 0 aromatic carbocycles. The zero-order chi connectivity index (χ0) is 21.6. The first-order chi connectivity index (χ1) is 12.9. The van der Waals surface area contributed by atoms with E-state index >= 15 is 0 Å². The topological polar surface area (TPSA) is 129 Å². The monoisotopic (exact) mass is 426 g/mol. The average Bonchev–Trinajstić information content (AvgIpc) is 2.56. The third kappa shape index (κ3) is 16.9. The first-order valence-electron chi connectivity index (χ1n) is 9.07. The van der Waals surface area contributed by atoms with Crippen LogP contribution in [0.25, 0.3) is 0 Å². The van der Waals surface area contributed by atoms with Crippen LogP contribution >= 0.6 is 7.82 Å². The molecule has 0 rings (SSSR count). The average molecular weight is 426 g/mol. The highest BCUT2D eigenvalue weighted by atomic mass is 31.2. The molecule has 11 heteroatoms. The standard InChI is InChI=1S/C17H32NO9P/c1-5-6-7-11-24-13-15(27-17(21)9-8-16(19)20)14-26-28(22,23)25-12-10-18(2,3)4/h8-9,15H,5-7,10-14H2,1-4H3,(H-,19,20,22,23)/p+1. The van der Waals surface area contributed by atoms with Crippen LogP contribution in [0.1, 0.15) is 26.2 Å². The summed E-state index contributed by atoms with van der Waals surface area (Å²) in [7, 11) is 1.39. The fourth-order valence-corrected chi connectivity index (χ4v) is 2.51. The van der Waals surface area contributed by atoms with Gasteiger partial charge in [0.15, 0.2) is 0 Å². The number of phosphoric acid groups is 1. The van der Waals surface area contributed by atoms with Crippen molar-refractivity contribution in [3.05, 3.63) is 12.2 Å². The van der Waals surface area contributed by atoms with Crippen molar-refractivity contribution in [1.29, 1.82) is 0 Å². The minimum atomic E-state index is -4.33. The maximum Gasteiger partial charge on any atom is 0.472 e. The van der Waals surface area contributed by atoms with Crippen molar-refractivity contribution in [3.8, 4) is 0 Å². The molecule has 2 atom stereocenters. The molecule has 0 radical (unpaired) electrons. The Hall–Kier alpha value is -1.29. The van der Waals surface area contributed by atoms with Gasteiger partial charge in [0.2, 0.25) is 0 Å². The molecule has 0 aromatic rings. The highest BCUT2D eigenvalue weighted by Crippen LogP contribution is 2.43. The van der Waals surface area contributed by atoms with Gasteiger partial charge in [-0.2, -0.15) is 0 Å². The summed E-state index contributed by atoms with van der Waals surface area (Å²) in [6, 6.07) is 0. The third-order valence-corrected chi connectivity index (χ3v) is 4.27. The number of nitrogens with zero attached hydrogens (tertiary/aromatic N) is 1. The SMILES string of the molecule is CCCCCOCC(COP(=O)(O)OCC[N+](C)(C)C)OC(=O)C=CC(=O)O. The van der Waals surface area contributed by atoms with Crippen molar-refractivity contribution in [2.24, 2.45) is 0 Å². The third-order valence-electron chi connectivity index (χ3n) is 3.28. The zero-order valence-electron chi connectivity index (χ0n) is 17.0. The lowest BCUT2D eigenvalue weighted by atomic mass is 10.3. The molecule has 0 heterocycles. The van der Waals surface area contributed by atoms with Gasteiger partial charge in [-0.1, -0.05) is 19.8 Å². The zero-order valence-corrected chi connectivity index (χ0v) is 17.9. The number of aliphatic carboxylic acids is 1. The number of esters is 1. The number of hydrogen-bond acceptors (Lipinski definition) is 7. The largest absolute Gasteiger partial charge is 0.478 e. The Morgan fingerprint density at radius 2 is 1.75 bits per heavy atom. The molecule has 0 spiro atoms. The quantitative estimate of drug-likeness (QED) is 0.124. The van der Waals surface area contributed by atoms with Crippen LogP contribution in [-0.2, 0) is 32.7 Å². The van der Waals surface area contributed by atoms with E-state index in [2.05, 4.69) is 0 Å². The number of phosphoric ester groups is 1. The van der Waals surface area contributed by atoms with Crippen LogP contribution in [0.2, 0.25) is 0 Å². The number of rotatable bonds is 16. The molecule has 0 aromatic heterocycles. The van der Waals surface area contributed by atoms with E-state index in [9.17, 15) is 19.0 Å². The summed E-state index contributed by atoms with van der Waals surface area (Å²) in [5.74, 6) is -2.22. The second kappa shape index (κ2) is 13.8. The van der Waals surface area contributed by atoms with E-state index in [1.807, 2.05) is 28.1 Å². The van der Waals surface area contributed by atoms with Gasteiger partial charge < -0.3 is 24.0 Å². The molecule has 0 amide bonds. The summed E-state index contributed by atoms with van der Waals surface area (Å²) in [5.41, 5.74) is 0. The molecule has 0 saturated carbocycles. The van der Waals surface area contributed by atoms with Crippen LogP contribution in [-0.4, -0.2) is 86.6 Å². The van der Waals surface area contributed by atoms with Crippen molar-refractivity contribution >= 4 is 19.8 Å². The number of ether oxygens (including phenoxy) is 2. The fourth-order valence-electron chi connectivity index (χ4n) is 1.77.